The van der Waals surface area contributed by atoms with Crippen LogP contribution in [0, 0.1) is 17.8 Å². The normalized spacial score (nSPS) is 32.0. The lowest BCUT2D eigenvalue weighted by atomic mass is 9.52. The van der Waals surface area contributed by atoms with Gasteiger partial charge in [0.15, 0.2) is 0 Å². The summed E-state index contributed by atoms with van der Waals surface area (Å²) in [5.74, 6) is 1.42. The minimum absolute atomic E-state index is 0.0568. The van der Waals surface area contributed by atoms with Crippen LogP contribution in [0.2, 0.25) is 0 Å². The highest BCUT2D eigenvalue weighted by atomic mass is 32.2. The fraction of sp³-hybridized carbons (Fsp3) is 0.800. The van der Waals surface area contributed by atoms with E-state index >= 15 is 0 Å². The second-order valence-corrected chi connectivity index (χ2v) is 13.0. The molecule has 5 aliphatic carbocycles. The zero-order chi connectivity index (χ0) is 24.8. The van der Waals surface area contributed by atoms with Crippen LogP contribution in [-0.4, -0.2) is 58.4 Å². The summed E-state index contributed by atoms with van der Waals surface area (Å²) in [6, 6.07) is 0.0568. The Hall–Kier alpha value is -1.94. The molecule has 10 heteroatoms. The molecule has 2 unspecified atom stereocenters. The Morgan fingerprint density at radius 1 is 1.20 bits per heavy atom. The Morgan fingerprint density at radius 2 is 1.89 bits per heavy atom. The summed E-state index contributed by atoms with van der Waals surface area (Å²) >= 11 is 1.60. The molecule has 0 saturated heterocycles. The van der Waals surface area contributed by atoms with Gasteiger partial charge in [-0.1, -0.05) is 12.8 Å². The van der Waals surface area contributed by atoms with Crippen molar-refractivity contribution in [2.24, 2.45) is 17.8 Å². The van der Waals surface area contributed by atoms with E-state index in [2.05, 4.69) is 15.8 Å². The average Bonchev–Trinajstić information content (AvgIpc) is 3.43. The molecule has 6 rings (SSSR count). The number of carbonyl (C=O) groups is 2. The molecule has 3 N–H and O–H groups in total. The Morgan fingerprint density at radius 3 is 2.51 bits per heavy atom. The van der Waals surface area contributed by atoms with E-state index in [4.69, 9.17) is 14.0 Å². The van der Waals surface area contributed by atoms with E-state index in [0.717, 1.165) is 44.9 Å². The smallest absolute Gasteiger partial charge is 0.407 e. The highest BCUT2D eigenvalue weighted by molar-refractivity contribution is 8.00. The third-order valence-corrected chi connectivity index (χ3v) is 9.55. The number of amides is 2. The lowest BCUT2D eigenvalue weighted by Gasteiger charge is -2.58. The van der Waals surface area contributed by atoms with Gasteiger partial charge in [-0.2, -0.15) is 0 Å². The van der Waals surface area contributed by atoms with Crippen molar-refractivity contribution in [1.29, 1.82) is 0 Å². The standard InChI is InChI=1S/C25H37N3O6S/c1-24(2,27-23(30)32-3)13-33-22-20(35-17-6-4-5-7-17)19(34-28-22)21(29)26-18-15-8-14-9-16(18)12-25(31,10-14)11-15/h14-18,31H,4-13H2,1-3H3,(H,26,29)(H,27,30). The number of rotatable bonds is 8. The van der Waals surface area contributed by atoms with Crippen molar-refractivity contribution in [2.45, 2.75) is 99.0 Å². The van der Waals surface area contributed by atoms with Gasteiger partial charge in [0.2, 0.25) is 5.76 Å². The summed E-state index contributed by atoms with van der Waals surface area (Å²) in [7, 11) is 1.31. The maximum Gasteiger partial charge on any atom is 0.407 e. The number of methoxy groups -OCH3 is 1. The van der Waals surface area contributed by atoms with Gasteiger partial charge in [0.25, 0.3) is 11.8 Å². The largest absolute Gasteiger partial charge is 0.472 e. The van der Waals surface area contributed by atoms with Gasteiger partial charge in [0, 0.05) is 11.3 Å². The Bertz CT molecular complexity index is 943. The van der Waals surface area contributed by atoms with Crippen LogP contribution in [0.3, 0.4) is 0 Å². The summed E-state index contributed by atoms with van der Waals surface area (Å²) < 4.78 is 16.2. The molecular formula is C25H37N3O6S. The van der Waals surface area contributed by atoms with Crippen molar-refractivity contribution in [2.75, 3.05) is 13.7 Å². The van der Waals surface area contributed by atoms with Crippen LogP contribution in [0.25, 0.3) is 0 Å². The average molecular weight is 508 g/mol. The Labute approximate surface area is 210 Å². The summed E-state index contributed by atoms with van der Waals surface area (Å²) in [5.41, 5.74) is -1.25. The van der Waals surface area contributed by atoms with Crippen molar-refractivity contribution in [1.82, 2.24) is 15.8 Å². The molecule has 5 saturated carbocycles. The topological polar surface area (TPSA) is 123 Å². The zero-order valence-corrected chi connectivity index (χ0v) is 21.6. The molecule has 2 amide bonds. The molecule has 35 heavy (non-hydrogen) atoms. The van der Waals surface area contributed by atoms with E-state index < -0.39 is 17.2 Å². The van der Waals surface area contributed by atoms with E-state index in [1.165, 1.54) is 20.0 Å². The van der Waals surface area contributed by atoms with Crippen LogP contribution in [0.5, 0.6) is 5.88 Å². The van der Waals surface area contributed by atoms with Gasteiger partial charge >= 0.3 is 6.09 Å². The van der Waals surface area contributed by atoms with Crippen LogP contribution in [0.15, 0.2) is 9.42 Å². The predicted molar refractivity (Wildman–Crippen MR) is 129 cm³/mol. The molecule has 0 radical (unpaired) electrons. The second kappa shape index (κ2) is 9.50. The van der Waals surface area contributed by atoms with Crippen molar-refractivity contribution in [3.05, 3.63) is 5.76 Å². The molecule has 1 heterocycles. The lowest BCUT2D eigenvalue weighted by Crippen LogP contribution is -2.61. The summed E-state index contributed by atoms with van der Waals surface area (Å²) in [6.45, 7) is 3.78. The molecular weight excluding hydrogens is 470 g/mol. The maximum atomic E-state index is 13.5. The van der Waals surface area contributed by atoms with Crippen LogP contribution < -0.4 is 15.4 Å². The first-order valence-electron chi connectivity index (χ1n) is 12.8. The van der Waals surface area contributed by atoms with E-state index in [9.17, 15) is 14.7 Å². The molecule has 0 spiro atoms. The van der Waals surface area contributed by atoms with Gasteiger partial charge in [0.1, 0.15) is 11.5 Å². The number of carbonyl (C=O) groups excluding carboxylic acids is 2. The van der Waals surface area contributed by atoms with Gasteiger partial charge in [-0.25, -0.2) is 4.79 Å². The number of nitrogens with zero attached hydrogens (tertiary/aromatic N) is 1. The number of ether oxygens (including phenoxy) is 2. The SMILES string of the molecule is COC(=O)NC(C)(C)COc1noc(C(=O)NC2C3CC4CC2CC(O)(C4)C3)c1SC1CCCC1. The van der Waals surface area contributed by atoms with E-state index in [0.29, 0.717) is 27.9 Å². The molecule has 0 aromatic carbocycles. The fourth-order valence-electron chi connectivity index (χ4n) is 6.83. The quantitative estimate of drug-likeness (QED) is 0.484. The van der Waals surface area contributed by atoms with Crippen LogP contribution in [0.4, 0.5) is 4.79 Å². The molecule has 1 aromatic heterocycles. The van der Waals surface area contributed by atoms with Gasteiger partial charge in [-0.05, 0) is 81.7 Å². The van der Waals surface area contributed by atoms with Gasteiger partial charge in [0.05, 0.1) is 18.2 Å². The van der Waals surface area contributed by atoms with Gasteiger partial charge in [-0.3, -0.25) is 4.79 Å². The molecule has 9 nitrogen and oxygen atoms in total. The first-order chi connectivity index (χ1) is 16.6. The third-order valence-electron chi connectivity index (χ3n) is 8.15. The van der Waals surface area contributed by atoms with Crippen molar-refractivity contribution in [3.63, 3.8) is 0 Å². The molecule has 5 aliphatic rings. The zero-order valence-electron chi connectivity index (χ0n) is 20.8. The molecule has 0 aliphatic heterocycles. The van der Waals surface area contributed by atoms with E-state index in [1.54, 1.807) is 11.8 Å². The van der Waals surface area contributed by atoms with Gasteiger partial charge in [-0.15, -0.1) is 11.8 Å². The molecule has 2 atom stereocenters. The van der Waals surface area contributed by atoms with Crippen molar-refractivity contribution in [3.8, 4) is 5.88 Å². The Kier molecular flexibility index (Phi) is 6.72. The van der Waals surface area contributed by atoms with Crippen molar-refractivity contribution >= 4 is 23.8 Å². The highest BCUT2D eigenvalue weighted by Gasteiger charge is 2.55. The first-order valence-corrected chi connectivity index (χ1v) is 13.7. The van der Waals surface area contributed by atoms with Gasteiger partial charge < -0.3 is 29.7 Å². The number of hydrogen-bond acceptors (Lipinski definition) is 8. The van der Waals surface area contributed by atoms with E-state index in [-0.39, 0.29) is 30.2 Å². The molecule has 5 fully saturated rings. The predicted octanol–water partition coefficient (Wildman–Crippen LogP) is 3.89. The number of thioether (sulfide) groups is 1. The maximum absolute atomic E-state index is 13.5. The molecule has 194 valence electrons. The monoisotopic (exact) mass is 507 g/mol. The summed E-state index contributed by atoms with van der Waals surface area (Å²) in [5, 5.41) is 21.4. The fourth-order valence-corrected chi connectivity index (χ4v) is 8.16. The van der Waals surface area contributed by atoms with Crippen LogP contribution in [0.1, 0.15) is 82.2 Å². The number of hydrogen-bond donors (Lipinski definition) is 3. The summed E-state index contributed by atoms with van der Waals surface area (Å²) in [6.07, 6.45) is 8.55. The first kappa shape index (κ1) is 24.7. The number of nitrogens with one attached hydrogen (secondary N) is 2. The third kappa shape index (κ3) is 5.28. The number of alkyl carbamates (subject to hydrolysis) is 1. The van der Waals surface area contributed by atoms with Crippen LogP contribution in [-0.2, 0) is 4.74 Å². The van der Waals surface area contributed by atoms with Crippen molar-refractivity contribution < 1.29 is 28.7 Å². The van der Waals surface area contributed by atoms with E-state index in [1.807, 2.05) is 13.8 Å². The lowest BCUT2D eigenvalue weighted by molar-refractivity contribution is -0.137. The minimum atomic E-state index is -0.704. The Balaban J connectivity index is 1.31. The van der Waals surface area contributed by atoms with Crippen LogP contribution >= 0.6 is 11.8 Å². The molecule has 4 bridgehead atoms. The molecule has 1 aromatic rings. The number of aromatic nitrogens is 1. The number of aliphatic hydroxyl groups is 1. The summed E-state index contributed by atoms with van der Waals surface area (Å²) in [4.78, 5) is 25.7. The highest BCUT2D eigenvalue weighted by Crippen LogP contribution is 2.55. The minimum Gasteiger partial charge on any atom is -0.472 e. The second-order valence-electron chi connectivity index (χ2n) is 11.7.